The van der Waals surface area contributed by atoms with Crippen LogP contribution in [0.1, 0.15) is 32.0 Å². The average molecular weight is 589 g/mol. The molecule has 8 N–H and O–H groups in total. The summed E-state index contributed by atoms with van der Waals surface area (Å²) in [5.41, 5.74) is 13.2. The first-order chi connectivity index (χ1) is 20.3. The summed E-state index contributed by atoms with van der Waals surface area (Å²) in [6.45, 7) is 0.918. The molecule has 0 unspecified atom stereocenters. The molecule has 12 nitrogen and oxygen atoms in total. The van der Waals surface area contributed by atoms with Gasteiger partial charge in [0.15, 0.2) is 28.4 Å². The number of nitrogens with one attached hydrogen (secondary N) is 4. The molecule has 3 aromatic carbocycles. The number of anilines is 2. The van der Waals surface area contributed by atoms with Crippen molar-refractivity contribution in [2.75, 3.05) is 24.6 Å². The molecule has 0 aliphatic carbocycles. The number of hydrogen-bond acceptors (Lipinski definition) is 9. The Morgan fingerprint density at radius 2 is 1.31 bits per heavy atom. The van der Waals surface area contributed by atoms with E-state index < -0.39 is 5.91 Å². The Morgan fingerprint density at radius 1 is 0.762 bits per heavy atom. The SMILES string of the molecule is N=C(NCCNC(=O)c1cc(OCc2ccccc2)cc(OCc2ccccc2)c1)NC(=O)c1nc(Cl)c(N)nc1N. The van der Waals surface area contributed by atoms with Crippen LogP contribution in [0.3, 0.4) is 0 Å². The smallest absolute Gasteiger partial charge is 0.280 e. The molecule has 0 aliphatic rings. The minimum atomic E-state index is -0.793. The van der Waals surface area contributed by atoms with E-state index in [1.54, 1.807) is 18.2 Å². The number of rotatable bonds is 11. The van der Waals surface area contributed by atoms with Crippen molar-refractivity contribution in [1.82, 2.24) is 25.9 Å². The first-order valence-corrected chi connectivity index (χ1v) is 13.2. The highest BCUT2D eigenvalue weighted by Gasteiger charge is 2.17. The van der Waals surface area contributed by atoms with Crippen LogP contribution in [-0.4, -0.2) is 40.8 Å². The molecule has 0 bridgehead atoms. The van der Waals surface area contributed by atoms with Gasteiger partial charge in [-0.2, -0.15) is 0 Å². The number of nitrogens with zero attached hydrogens (tertiary/aromatic N) is 2. The molecule has 0 spiro atoms. The lowest BCUT2D eigenvalue weighted by Crippen LogP contribution is -2.43. The van der Waals surface area contributed by atoms with E-state index in [1.807, 2.05) is 60.7 Å². The van der Waals surface area contributed by atoms with Crippen LogP contribution in [-0.2, 0) is 13.2 Å². The topological polar surface area (TPSA) is 190 Å². The van der Waals surface area contributed by atoms with Crippen molar-refractivity contribution in [3.8, 4) is 11.5 Å². The standard InChI is InChI=1S/C29H29ClN8O4/c30-24-26(32)37-25(31)23(36-24)28(40)38-29(33)35-12-11-34-27(39)20-13-21(41-16-18-7-3-1-4-8-18)15-22(14-20)42-17-19-9-5-2-6-10-19/h1-10,13-15H,11-12,16-17H2,(H,34,39)(H4,31,32,37)(H3,33,35,38,40). The number of halogens is 1. The Kier molecular flexibility index (Phi) is 10.1. The highest BCUT2D eigenvalue weighted by atomic mass is 35.5. The van der Waals surface area contributed by atoms with Crippen LogP contribution in [0.4, 0.5) is 11.6 Å². The maximum atomic E-state index is 13.0. The van der Waals surface area contributed by atoms with E-state index in [9.17, 15) is 9.59 Å². The molecule has 1 heterocycles. The molecule has 4 aromatic rings. The molecular formula is C29H29ClN8O4. The zero-order chi connectivity index (χ0) is 29.9. The second kappa shape index (κ2) is 14.3. The zero-order valence-corrected chi connectivity index (χ0v) is 23.1. The summed E-state index contributed by atoms with van der Waals surface area (Å²) in [5, 5.41) is 15.5. The molecule has 4 rings (SSSR count). The van der Waals surface area contributed by atoms with E-state index in [-0.39, 0.29) is 47.4 Å². The number of aromatic nitrogens is 2. The van der Waals surface area contributed by atoms with Crippen molar-refractivity contribution < 1.29 is 19.1 Å². The lowest BCUT2D eigenvalue weighted by molar-refractivity contribution is 0.0948. The van der Waals surface area contributed by atoms with Crippen LogP contribution >= 0.6 is 11.6 Å². The van der Waals surface area contributed by atoms with Crippen LogP contribution in [0.25, 0.3) is 0 Å². The second-order valence-electron chi connectivity index (χ2n) is 8.89. The highest BCUT2D eigenvalue weighted by Crippen LogP contribution is 2.25. The molecule has 1 aromatic heterocycles. The van der Waals surface area contributed by atoms with Gasteiger partial charge in [-0.15, -0.1) is 0 Å². The number of amides is 2. The molecule has 0 saturated heterocycles. The zero-order valence-electron chi connectivity index (χ0n) is 22.4. The molecule has 216 valence electrons. The van der Waals surface area contributed by atoms with E-state index in [1.165, 1.54) is 0 Å². The van der Waals surface area contributed by atoms with Gasteiger partial charge in [0.1, 0.15) is 24.7 Å². The summed E-state index contributed by atoms with van der Waals surface area (Å²) in [6, 6.07) is 24.3. The number of nitrogen functional groups attached to an aromatic ring is 2. The van der Waals surface area contributed by atoms with Gasteiger partial charge in [-0.05, 0) is 23.3 Å². The van der Waals surface area contributed by atoms with Gasteiger partial charge in [0.25, 0.3) is 11.8 Å². The fourth-order valence-corrected chi connectivity index (χ4v) is 3.77. The average Bonchev–Trinajstić information content (AvgIpc) is 3.00. The van der Waals surface area contributed by atoms with Gasteiger partial charge >= 0.3 is 0 Å². The summed E-state index contributed by atoms with van der Waals surface area (Å²) in [7, 11) is 0. The predicted molar refractivity (Wildman–Crippen MR) is 159 cm³/mol. The molecule has 0 aliphatic heterocycles. The van der Waals surface area contributed by atoms with E-state index in [0.29, 0.717) is 30.3 Å². The quantitative estimate of drug-likeness (QED) is 0.0867. The molecule has 0 saturated carbocycles. The summed E-state index contributed by atoms with van der Waals surface area (Å²) in [6.07, 6.45) is 0. The summed E-state index contributed by atoms with van der Waals surface area (Å²) in [5.74, 6) is -0.893. The van der Waals surface area contributed by atoms with Crippen LogP contribution in [0.5, 0.6) is 11.5 Å². The van der Waals surface area contributed by atoms with Crippen molar-refractivity contribution >= 4 is 41.0 Å². The van der Waals surface area contributed by atoms with Crippen LogP contribution < -0.4 is 36.9 Å². The first kappa shape index (κ1) is 29.6. The van der Waals surface area contributed by atoms with Crippen molar-refractivity contribution in [1.29, 1.82) is 5.41 Å². The van der Waals surface area contributed by atoms with Gasteiger partial charge in [-0.3, -0.25) is 20.3 Å². The maximum absolute atomic E-state index is 13.0. The number of guanidine groups is 1. The predicted octanol–water partition coefficient (Wildman–Crippen LogP) is 3.14. The lowest BCUT2D eigenvalue weighted by atomic mass is 10.1. The molecule has 2 amide bonds. The normalized spacial score (nSPS) is 10.4. The Labute approximate surface area is 246 Å². The Hall–Kier alpha value is -5.36. The third-order valence-electron chi connectivity index (χ3n) is 5.71. The van der Waals surface area contributed by atoms with Gasteiger partial charge in [-0.1, -0.05) is 72.3 Å². The van der Waals surface area contributed by atoms with E-state index in [4.69, 9.17) is 38.0 Å². The first-order valence-electron chi connectivity index (χ1n) is 12.8. The maximum Gasteiger partial charge on any atom is 0.280 e. The van der Waals surface area contributed by atoms with Crippen LogP contribution in [0, 0.1) is 5.41 Å². The number of carbonyl (C=O) groups excluding carboxylic acids is 2. The van der Waals surface area contributed by atoms with E-state index >= 15 is 0 Å². The Bertz CT molecular complexity index is 1490. The number of ether oxygens (including phenoxy) is 2. The molecule has 42 heavy (non-hydrogen) atoms. The fraction of sp³-hybridized carbons (Fsp3) is 0.138. The summed E-state index contributed by atoms with van der Waals surface area (Å²) >= 11 is 5.80. The van der Waals surface area contributed by atoms with E-state index in [0.717, 1.165) is 11.1 Å². The Morgan fingerprint density at radius 3 is 1.88 bits per heavy atom. The Balaban J connectivity index is 1.33. The molecule has 0 radical (unpaired) electrons. The number of hydrogen-bond donors (Lipinski definition) is 6. The van der Waals surface area contributed by atoms with Crippen molar-refractivity contribution in [3.05, 3.63) is 106 Å². The minimum absolute atomic E-state index is 0.113. The van der Waals surface area contributed by atoms with Gasteiger partial charge in [-0.25, -0.2) is 9.97 Å². The summed E-state index contributed by atoms with van der Waals surface area (Å²) < 4.78 is 11.9. The van der Waals surface area contributed by atoms with Crippen molar-refractivity contribution in [3.63, 3.8) is 0 Å². The van der Waals surface area contributed by atoms with Gasteiger partial charge in [0.2, 0.25) is 0 Å². The van der Waals surface area contributed by atoms with Gasteiger partial charge < -0.3 is 31.6 Å². The van der Waals surface area contributed by atoms with E-state index in [2.05, 4.69) is 25.9 Å². The molecule has 0 atom stereocenters. The largest absolute Gasteiger partial charge is 0.489 e. The van der Waals surface area contributed by atoms with Gasteiger partial charge in [0.05, 0.1) is 0 Å². The monoisotopic (exact) mass is 588 g/mol. The van der Waals surface area contributed by atoms with Crippen LogP contribution in [0.2, 0.25) is 5.15 Å². The highest BCUT2D eigenvalue weighted by molar-refractivity contribution is 6.31. The molecule has 13 heteroatoms. The van der Waals surface area contributed by atoms with Crippen molar-refractivity contribution in [2.24, 2.45) is 0 Å². The molecular weight excluding hydrogens is 560 g/mol. The third kappa shape index (κ3) is 8.57. The number of carbonyl (C=O) groups is 2. The fourth-order valence-electron chi connectivity index (χ4n) is 3.64. The summed E-state index contributed by atoms with van der Waals surface area (Å²) in [4.78, 5) is 32.9. The molecule has 0 fully saturated rings. The van der Waals surface area contributed by atoms with Crippen LogP contribution in [0.15, 0.2) is 78.9 Å². The minimum Gasteiger partial charge on any atom is -0.489 e. The number of benzene rings is 3. The second-order valence-corrected chi connectivity index (χ2v) is 9.24. The third-order valence-corrected chi connectivity index (χ3v) is 5.99. The van der Waals surface area contributed by atoms with Crippen molar-refractivity contribution in [2.45, 2.75) is 13.2 Å². The lowest BCUT2D eigenvalue weighted by Gasteiger charge is -2.14. The number of nitrogens with two attached hydrogens (primary N) is 2. The van der Waals surface area contributed by atoms with Gasteiger partial charge in [0, 0.05) is 24.7 Å².